The van der Waals surface area contributed by atoms with E-state index in [1.54, 1.807) is 0 Å². The number of amides is 1. The minimum absolute atomic E-state index is 0.0978. The molecule has 0 aromatic carbocycles. The van der Waals surface area contributed by atoms with Gasteiger partial charge in [-0.1, -0.05) is 19.0 Å². The van der Waals surface area contributed by atoms with Crippen LogP contribution in [-0.2, 0) is 0 Å². The summed E-state index contributed by atoms with van der Waals surface area (Å²) >= 11 is 0. The van der Waals surface area contributed by atoms with Crippen molar-refractivity contribution in [2.75, 3.05) is 13.1 Å². The molecule has 0 fully saturated rings. The van der Waals surface area contributed by atoms with Crippen molar-refractivity contribution in [2.45, 2.75) is 13.8 Å². The zero-order valence-electron chi connectivity index (χ0n) is 8.41. The third-order valence-corrected chi connectivity index (χ3v) is 1.95. The Morgan fingerprint density at radius 1 is 1.71 bits per heavy atom. The Balaban J connectivity index is 2.43. The number of carbonyl (C=O) groups is 1. The van der Waals surface area contributed by atoms with Crippen LogP contribution in [0.4, 0.5) is 0 Å². The highest BCUT2D eigenvalue weighted by Crippen LogP contribution is 2.10. The van der Waals surface area contributed by atoms with E-state index in [-0.39, 0.29) is 17.0 Å². The first-order chi connectivity index (χ1) is 6.55. The molecule has 0 saturated carbocycles. The zero-order chi connectivity index (χ0) is 10.6. The number of aromatic nitrogens is 1. The van der Waals surface area contributed by atoms with Crippen LogP contribution in [0, 0.1) is 5.41 Å². The highest BCUT2D eigenvalue weighted by molar-refractivity contribution is 5.91. The third-order valence-electron chi connectivity index (χ3n) is 1.95. The molecule has 5 heteroatoms. The van der Waals surface area contributed by atoms with Crippen LogP contribution in [0.1, 0.15) is 24.3 Å². The maximum absolute atomic E-state index is 11.4. The Morgan fingerprint density at radius 3 is 2.93 bits per heavy atom. The van der Waals surface area contributed by atoms with Gasteiger partial charge in [-0.05, 0) is 12.0 Å². The van der Waals surface area contributed by atoms with Crippen molar-refractivity contribution in [2.24, 2.45) is 11.1 Å². The van der Waals surface area contributed by atoms with Crippen molar-refractivity contribution >= 4 is 5.91 Å². The fraction of sp³-hybridized carbons (Fsp3) is 0.556. The second-order valence-electron chi connectivity index (χ2n) is 3.94. The topological polar surface area (TPSA) is 81.1 Å². The summed E-state index contributed by atoms with van der Waals surface area (Å²) in [5, 5.41) is 6.26. The molecule has 1 aromatic heterocycles. The maximum atomic E-state index is 11.4. The lowest BCUT2D eigenvalue weighted by molar-refractivity contribution is 0.0929. The molecule has 0 aliphatic heterocycles. The molecule has 0 bridgehead atoms. The van der Waals surface area contributed by atoms with Crippen molar-refractivity contribution in [1.29, 1.82) is 0 Å². The summed E-state index contributed by atoms with van der Waals surface area (Å²) in [4.78, 5) is 11.4. The number of hydrogen-bond acceptors (Lipinski definition) is 4. The molecule has 0 aliphatic rings. The molecule has 1 rings (SSSR count). The van der Waals surface area contributed by atoms with Crippen LogP contribution in [0.25, 0.3) is 0 Å². The van der Waals surface area contributed by atoms with E-state index in [1.807, 2.05) is 13.8 Å². The Kier molecular flexibility index (Phi) is 3.24. The number of carbonyl (C=O) groups excluding carboxylic acids is 1. The van der Waals surface area contributed by atoms with Crippen LogP contribution in [0.15, 0.2) is 16.9 Å². The van der Waals surface area contributed by atoms with E-state index in [9.17, 15) is 4.79 Å². The maximum Gasteiger partial charge on any atom is 0.273 e. The smallest absolute Gasteiger partial charge is 0.273 e. The van der Waals surface area contributed by atoms with Crippen LogP contribution < -0.4 is 11.1 Å². The highest BCUT2D eigenvalue weighted by Gasteiger charge is 2.17. The lowest BCUT2D eigenvalue weighted by Gasteiger charge is -2.22. The summed E-state index contributed by atoms with van der Waals surface area (Å²) in [6.07, 6.45) is 1.36. The fourth-order valence-electron chi connectivity index (χ4n) is 0.812. The molecule has 14 heavy (non-hydrogen) atoms. The van der Waals surface area contributed by atoms with Crippen molar-refractivity contribution in [3.8, 4) is 0 Å². The quantitative estimate of drug-likeness (QED) is 0.731. The van der Waals surface area contributed by atoms with E-state index < -0.39 is 0 Å². The second-order valence-corrected chi connectivity index (χ2v) is 3.94. The summed E-state index contributed by atoms with van der Waals surface area (Å²) in [7, 11) is 0. The number of hydrogen-bond donors (Lipinski definition) is 2. The van der Waals surface area contributed by atoms with Gasteiger partial charge in [-0.3, -0.25) is 4.79 Å². The minimum atomic E-state index is -0.236. The average Bonchev–Trinajstić information content (AvgIpc) is 2.67. The van der Waals surface area contributed by atoms with E-state index in [0.29, 0.717) is 13.1 Å². The van der Waals surface area contributed by atoms with E-state index in [1.165, 1.54) is 12.3 Å². The van der Waals surface area contributed by atoms with E-state index >= 15 is 0 Å². The fourth-order valence-corrected chi connectivity index (χ4v) is 0.812. The summed E-state index contributed by atoms with van der Waals surface area (Å²) in [6.45, 7) is 5.01. The van der Waals surface area contributed by atoms with E-state index in [0.717, 1.165) is 0 Å². The predicted molar refractivity (Wildman–Crippen MR) is 51.7 cm³/mol. The van der Waals surface area contributed by atoms with Crippen molar-refractivity contribution in [3.63, 3.8) is 0 Å². The molecule has 0 radical (unpaired) electrons. The van der Waals surface area contributed by atoms with Crippen molar-refractivity contribution in [1.82, 2.24) is 10.5 Å². The molecule has 0 spiro atoms. The number of rotatable bonds is 4. The Labute approximate surface area is 82.6 Å². The first kappa shape index (κ1) is 10.7. The van der Waals surface area contributed by atoms with Gasteiger partial charge >= 0.3 is 0 Å². The van der Waals surface area contributed by atoms with Crippen molar-refractivity contribution < 1.29 is 9.32 Å². The van der Waals surface area contributed by atoms with Gasteiger partial charge in [0.15, 0.2) is 5.69 Å². The Bertz CT molecular complexity index is 293. The molecule has 78 valence electrons. The lowest BCUT2D eigenvalue weighted by Crippen LogP contribution is -2.38. The first-order valence-corrected chi connectivity index (χ1v) is 4.44. The number of nitrogens with two attached hydrogens (primary N) is 1. The molecule has 0 atom stereocenters. The highest BCUT2D eigenvalue weighted by atomic mass is 16.5. The van der Waals surface area contributed by atoms with Gasteiger partial charge in [-0.2, -0.15) is 0 Å². The third kappa shape index (κ3) is 2.85. The Hall–Kier alpha value is -1.36. The molecule has 1 amide bonds. The summed E-state index contributed by atoms with van der Waals surface area (Å²) < 4.78 is 4.56. The van der Waals surface area contributed by atoms with Gasteiger partial charge in [0.1, 0.15) is 6.26 Å². The molecule has 3 N–H and O–H groups in total. The van der Waals surface area contributed by atoms with Crippen LogP contribution in [0.5, 0.6) is 0 Å². The van der Waals surface area contributed by atoms with E-state index in [4.69, 9.17) is 5.73 Å². The van der Waals surface area contributed by atoms with Gasteiger partial charge < -0.3 is 15.6 Å². The monoisotopic (exact) mass is 197 g/mol. The summed E-state index contributed by atoms with van der Waals surface area (Å²) in [6, 6.07) is 1.52. The predicted octanol–water partition coefficient (Wildman–Crippen LogP) is 0.389. The van der Waals surface area contributed by atoms with Crippen LogP contribution in [-0.4, -0.2) is 24.2 Å². The van der Waals surface area contributed by atoms with Gasteiger partial charge in [0.2, 0.25) is 0 Å². The van der Waals surface area contributed by atoms with Gasteiger partial charge in [0, 0.05) is 12.6 Å². The molecule has 0 saturated heterocycles. The standard InChI is InChI=1S/C9H15N3O2/c1-9(2,5-10)6-11-8(13)7-3-4-14-12-7/h3-4H,5-6,10H2,1-2H3,(H,11,13). The molecule has 1 heterocycles. The SMILES string of the molecule is CC(C)(CN)CNC(=O)c1ccon1. The van der Waals surface area contributed by atoms with Gasteiger partial charge in [0.05, 0.1) is 0 Å². The second kappa shape index (κ2) is 4.23. The number of nitrogens with zero attached hydrogens (tertiary/aromatic N) is 1. The van der Waals surface area contributed by atoms with Crippen LogP contribution >= 0.6 is 0 Å². The van der Waals surface area contributed by atoms with Gasteiger partial charge in [-0.15, -0.1) is 0 Å². The number of nitrogens with one attached hydrogen (secondary N) is 1. The molecule has 0 unspecified atom stereocenters. The normalized spacial score (nSPS) is 11.4. The molecule has 1 aromatic rings. The van der Waals surface area contributed by atoms with E-state index in [2.05, 4.69) is 15.0 Å². The average molecular weight is 197 g/mol. The molecule has 5 nitrogen and oxygen atoms in total. The molecular formula is C9H15N3O2. The molecular weight excluding hydrogens is 182 g/mol. The lowest BCUT2D eigenvalue weighted by atomic mass is 9.94. The Morgan fingerprint density at radius 2 is 2.43 bits per heavy atom. The summed E-state index contributed by atoms with van der Waals surface area (Å²) in [5.41, 5.74) is 5.72. The van der Waals surface area contributed by atoms with Crippen LogP contribution in [0.2, 0.25) is 0 Å². The largest absolute Gasteiger partial charge is 0.364 e. The van der Waals surface area contributed by atoms with Gasteiger partial charge in [0.25, 0.3) is 5.91 Å². The van der Waals surface area contributed by atoms with Crippen LogP contribution in [0.3, 0.4) is 0 Å². The van der Waals surface area contributed by atoms with Crippen molar-refractivity contribution in [3.05, 3.63) is 18.0 Å². The first-order valence-electron chi connectivity index (χ1n) is 4.44. The summed E-state index contributed by atoms with van der Waals surface area (Å²) in [5.74, 6) is -0.236. The molecule has 0 aliphatic carbocycles. The zero-order valence-corrected chi connectivity index (χ0v) is 8.41. The minimum Gasteiger partial charge on any atom is -0.364 e. The van der Waals surface area contributed by atoms with Gasteiger partial charge in [-0.25, -0.2) is 0 Å².